The van der Waals surface area contributed by atoms with E-state index in [1.807, 2.05) is 0 Å². The molecule has 0 atom stereocenters. The summed E-state index contributed by atoms with van der Waals surface area (Å²) in [5, 5.41) is 2.52. The molecule has 0 saturated carbocycles. The van der Waals surface area contributed by atoms with E-state index < -0.39 is 11.7 Å². The molecule has 6 heteroatoms. The Morgan fingerprint density at radius 1 is 1.35 bits per heavy atom. The number of rotatable bonds is 1. The number of carbonyl (C=O) groups is 1. The second-order valence-electron chi connectivity index (χ2n) is 4.90. The molecule has 0 aliphatic heterocycles. The fourth-order valence-corrected chi connectivity index (χ4v) is 2.55. The van der Waals surface area contributed by atoms with Crippen LogP contribution in [-0.4, -0.2) is 18.2 Å². The molecule has 0 unspecified atom stereocenters. The highest BCUT2D eigenvalue weighted by molar-refractivity contribution is 9.11. The molecule has 0 radical (unpaired) electrons. The van der Waals surface area contributed by atoms with Crippen LogP contribution >= 0.6 is 31.9 Å². The second kappa shape index (κ2) is 7.09. The number of carbonyl (C=O) groups excluding carboxylic acids is 1. The number of hydrogen-bond donors (Lipinski definition) is 1. The molecule has 3 nitrogen and oxygen atoms in total. The highest BCUT2D eigenvalue weighted by Gasteiger charge is 2.15. The van der Waals surface area contributed by atoms with Gasteiger partial charge in [-0.15, -0.1) is 0 Å². The van der Waals surface area contributed by atoms with Crippen LogP contribution in [0.25, 0.3) is 0 Å². The average Bonchev–Trinajstić information content (AvgIpc) is 2.23. The van der Waals surface area contributed by atoms with Crippen LogP contribution in [0.4, 0.5) is 9.18 Å². The highest BCUT2D eigenvalue weighted by Crippen LogP contribution is 2.25. The Labute approximate surface area is 134 Å². The molecule has 0 aliphatic carbocycles. The van der Waals surface area contributed by atoms with E-state index in [4.69, 9.17) is 4.74 Å². The fourth-order valence-electron chi connectivity index (χ4n) is 1.22. The molecule has 0 heterocycles. The third kappa shape index (κ3) is 5.93. The van der Waals surface area contributed by atoms with Gasteiger partial charge in [0.1, 0.15) is 11.4 Å². The van der Waals surface area contributed by atoms with E-state index in [2.05, 4.69) is 49.0 Å². The number of benzene rings is 1. The Kier molecular flexibility index (Phi) is 6.03. The predicted octanol–water partition coefficient (Wildman–Crippen LogP) is 4.23. The number of halogens is 3. The summed E-state index contributed by atoms with van der Waals surface area (Å²) in [6.45, 7) is 5.49. The molecule has 0 saturated heterocycles. The van der Waals surface area contributed by atoms with Gasteiger partial charge >= 0.3 is 6.09 Å². The molecule has 0 spiro atoms. The molecule has 108 valence electrons. The summed E-state index contributed by atoms with van der Waals surface area (Å²) < 4.78 is 19.2. The van der Waals surface area contributed by atoms with Crippen LogP contribution in [0.1, 0.15) is 26.3 Å². The van der Waals surface area contributed by atoms with Gasteiger partial charge in [-0.2, -0.15) is 0 Å². The first-order valence-electron chi connectivity index (χ1n) is 5.79. The molecule has 1 amide bonds. The largest absolute Gasteiger partial charge is 0.444 e. The summed E-state index contributed by atoms with van der Waals surface area (Å²) in [5.74, 6) is 5.26. The van der Waals surface area contributed by atoms with Crippen molar-refractivity contribution in [3.63, 3.8) is 0 Å². The Morgan fingerprint density at radius 3 is 2.40 bits per heavy atom. The SMILES string of the molecule is CC(C)(C)OC(=O)NCC#Cc1c(Br)cc(F)cc1Br. The Morgan fingerprint density at radius 2 is 1.90 bits per heavy atom. The maximum Gasteiger partial charge on any atom is 0.408 e. The van der Waals surface area contributed by atoms with Gasteiger partial charge in [0.2, 0.25) is 0 Å². The number of hydrogen-bond acceptors (Lipinski definition) is 2. The molecular formula is C14H14Br2FNO2. The van der Waals surface area contributed by atoms with Crippen LogP contribution in [0.15, 0.2) is 21.1 Å². The van der Waals surface area contributed by atoms with Crippen molar-refractivity contribution in [1.29, 1.82) is 0 Å². The van der Waals surface area contributed by atoms with Crippen molar-refractivity contribution in [3.05, 3.63) is 32.5 Å². The van der Waals surface area contributed by atoms with Crippen molar-refractivity contribution in [1.82, 2.24) is 5.32 Å². The van der Waals surface area contributed by atoms with Crippen molar-refractivity contribution in [2.75, 3.05) is 6.54 Å². The normalized spacial score (nSPS) is 10.5. The Hall–Kier alpha value is -1.06. The molecule has 1 N–H and O–H groups in total. The lowest BCUT2D eigenvalue weighted by Gasteiger charge is -2.19. The summed E-state index contributed by atoms with van der Waals surface area (Å²) in [6, 6.07) is 2.66. The summed E-state index contributed by atoms with van der Waals surface area (Å²) in [7, 11) is 0. The number of alkyl carbamates (subject to hydrolysis) is 1. The van der Waals surface area contributed by atoms with E-state index in [0.29, 0.717) is 14.5 Å². The summed E-state index contributed by atoms with van der Waals surface area (Å²) in [4.78, 5) is 11.4. The molecule has 1 aromatic carbocycles. The molecule has 0 aromatic heterocycles. The van der Waals surface area contributed by atoms with Gasteiger partial charge in [0.15, 0.2) is 0 Å². The van der Waals surface area contributed by atoms with E-state index in [1.165, 1.54) is 12.1 Å². The first-order chi connectivity index (χ1) is 9.19. The van der Waals surface area contributed by atoms with Gasteiger partial charge in [-0.05, 0) is 64.8 Å². The second-order valence-corrected chi connectivity index (χ2v) is 6.61. The van der Waals surface area contributed by atoms with Gasteiger partial charge in [-0.25, -0.2) is 9.18 Å². The lowest BCUT2D eigenvalue weighted by atomic mass is 10.2. The molecule has 0 aliphatic rings. The van der Waals surface area contributed by atoms with Crippen molar-refractivity contribution >= 4 is 38.0 Å². The van der Waals surface area contributed by atoms with Gasteiger partial charge in [0, 0.05) is 8.95 Å². The van der Waals surface area contributed by atoms with E-state index >= 15 is 0 Å². The molecule has 20 heavy (non-hydrogen) atoms. The van der Waals surface area contributed by atoms with Gasteiger partial charge in [-0.1, -0.05) is 11.8 Å². The minimum Gasteiger partial charge on any atom is -0.444 e. The summed E-state index contributed by atoms with van der Waals surface area (Å²) >= 11 is 6.47. The van der Waals surface area contributed by atoms with Crippen LogP contribution in [-0.2, 0) is 4.74 Å². The first-order valence-corrected chi connectivity index (χ1v) is 7.38. The molecular weight excluding hydrogens is 393 g/mol. The lowest BCUT2D eigenvalue weighted by molar-refractivity contribution is 0.0535. The Balaban J connectivity index is 2.62. The van der Waals surface area contributed by atoms with Crippen LogP contribution in [0.2, 0.25) is 0 Å². The van der Waals surface area contributed by atoms with Crippen LogP contribution in [0.5, 0.6) is 0 Å². The Bertz CT molecular complexity index is 548. The standard InChI is InChI=1S/C14H14Br2FNO2/c1-14(2,3)20-13(19)18-6-4-5-10-11(15)7-9(17)8-12(10)16/h7-8H,6H2,1-3H3,(H,18,19). The average molecular weight is 407 g/mol. The minimum absolute atomic E-state index is 0.144. The topological polar surface area (TPSA) is 38.3 Å². The van der Waals surface area contributed by atoms with Gasteiger partial charge in [-0.3, -0.25) is 0 Å². The zero-order valence-corrected chi connectivity index (χ0v) is 14.5. The summed E-state index contributed by atoms with van der Waals surface area (Å²) in [6.07, 6.45) is -0.524. The van der Waals surface area contributed by atoms with Crippen molar-refractivity contribution in [2.24, 2.45) is 0 Å². The zero-order chi connectivity index (χ0) is 15.3. The molecule has 0 fully saturated rings. The highest BCUT2D eigenvalue weighted by atomic mass is 79.9. The molecule has 1 rings (SSSR count). The van der Waals surface area contributed by atoms with Crippen molar-refractivity contribution < 1.29 is 13.9 Å². The van der Waals surface area contributed by atoms with Gasteiger partial charge in [0.25, 0.3) is 0 Å². The molecule has 0 bridgehead atoms. The third-order valence-corrected chi connectivity index (χ3v) is 3.19. The van der Waals surface area contributed by atoms with Crippen LogP contribution in [0, 0.1) is 17.7 Å². The van der Waals surface area contributed by atoms with E-state index in [9.17, 15) is 9.18 Å². The zero-order valence-electron chi connectivity index (χ0n) is 11.3. The van der Waals surface area contributed by atoms with E-state index in [0.717, 1.165) is 0 Å². The van der Waals surface area contributed by atoms with E-state index in [-0.39, 0.29) is 12.4 Å². The number of ether oxygens (including phenoxy) is 1. The van der Waals surface area contributed by atoms with Crippen molar-refractivity contribution in [3.8, 4) is 11.8 Å². The maximum atomic E-state index is 13.1. The smallest absolute Gasteiger partial charge is 0.408 e. The van der Waals surface area contributed by atoms with Crippen molar-refractivity contribution in [2.45, 2.75) is 26.4 Å². The van der Waals surface area contributed by atoms with Gasteiger partial charge in [0.05, 0.1) is 12.1 Å². The first kappa shape index (κ1) is 17.0. The maximum absolute atomic E-state index is 13.1. The van der Waals surface area contributed by atoms with Crippen LogP contribution in [0.3, 0.4) is 0 Å². The number of nitrogens with one attached hydrogen (secondary N) is 1. The third-order valence-electron chi connectivity index (χ3n) is 1.94. The quantitative estimate of drug-likeness (QED) is 0.709. The minimum atomic E-state index is -0.541. The van der Waals surface area contributed by atoms with Gasteiger partial charge < -0.3 is 10.1 Å². The number of amides is 1. The fraction of sp³-hybridized carbons (Fsp3) is 0.357. The molecule has 1 aromatic rings. The van der Waals surface area contributed by atoms with E-state index in [1.54, 1.807) is 20.8 Å². The lowest BCUT2D eigenvalue weighted by Crippen LogP contribution is -2.32. The monoisotopic (exact) mass is 405 g/mol. The van der Waals surface area contributed by atoms with Crippen LogP contribution < -0.4 is 5.32 Å². The summed E-state index contributed by atoms with van der Waals surface area (Å²) in [5.41, 5.74) is 0.0814. The predicted molar refractivity (Wildman–Crippen MR) is 82.9 cm³/mol.